The van der Waals surface area contributed by atoms with Crippen molar-refractivity contribution in [2.24, 2.45) is 0 Å². The van der Waals surface area contributed by atoms with Gasteiger partial charge in [-0.15, -0.1) is 0 Å². The molecule has 0 aliphatic carbocycles. The molecular formula is H10AlBSiTi. The molecule has 0 aromatic carbocycles. The number of hydrogen-bond donors (Lipinski definition) is 0. The molecular weight excluding hydrogens is 114 g/mol. The van der Waals surface area contributed by atoms with Crippen molar-refractivity contribution in [3.05, 3.63) is 0 Å². The molecule has 24 valence electrons. The van der Waals surface area contributed by atoms with Crippen molar-refractivity contribution in [1.82, 2.24) is 0 Å². The number of hydrogen-bond acceptors (Lipinski definition) is 0. The van der Waals surface area contributed by atoms with E-state index in [0.29, 0.717) is 0 Å². The van der Waals surface area contributed by atoms with E-state index in [2.05, 4.69) is 0 Å². The Morgan fingerprint density at radius 3 is 1.00 bits per heavy atom. The van der Waals surface area contributed by atoms with E-state index in [1.54, 1.807) is 0 Å². The summed E-state index contributed by atoms with van der Waals surface area (Å²) in [6.45, 7) is 0. The molecule has 0 saturated heterocycles. The Hall–Kier alpha value is 1.53. The molecule has 0 fully saturated rings. The third kappa shape index (κ3) is 9.66. The fraction of sp³-hybridized carbons (Fsp3) is 0. The molecule has 4 heavy (non-hydrogen) atoms. The molecule has 0 amide bonds. The van der Waals surface area contributed by atoms with Gasteiger partial charge in [0.05, 0.1) is 8.41 Å². The van der Waals surface area contributed by atoms with Crippen molar-refractivity contribution in [1.29, 1.82) is 0 Å². The molecule has 0 N–H and O–H groups in total. The topological polar surface area (TPSA) is 0 Å². The summed E-state index contributed by atoms with van der Waals surface area (Å²) in [6.07, 6.45) is 0. The minimum atomic E-state index is 0. The molecule has 0 aromatic rings. The van der Waals surface area contributed by atoms with E-state index >= 15 is 0 Å². The van der Waals surface area contributed by atoms with Gasteiger partial charge in [0, 0.05) is 21.7 Å². The zero-order chi connectivity index (χ0) is 0. The molecule has 4 heteroatoms. The molecule has 0 rings (SSSR count). The Morgan fingerprint density at radius 2 is 1.00 bits per heavy atom. The predicted octanol–water partition coefficient (Wildman–Crippen LogP) is -3.82. The van der Waals surface area contributed by atoms with Crippen LogP contribution < -0.4 is 0 Å². The van der Waals surface area contributed by atoms with Crippen LogP contribution in [0.5, 0.6) is 0 Å². The average molecular weight is 124 g/mol. The molecule has 0 radical (unpaired) electrons. The fourth-order valence-electron chi connectivity index (χ4n) is 0. The van der Waals surface area contributed by atoms with Gasteiger partial charge < -0.3 is 0 Å². The largest absolute Gasteiger partial charge is 0.187 e. The first-order valence-corrected chi connectivity index (χ1v) is 0. The maximum absolute atomic E-state index is 0. The van der Waals surface area contributed by atoms with Crippen LogP contribution in [0, 0.1) is 0 Å². The molecule has 0 aliphatic heterocycles. The monoisotopic (exact) mass is 124 g/mol. The van der Waals surface area contributed by atoms with E-state index in [9.17, 15) is 0 Å². The number of rotatable bonds is 0. The maximum atomic E-state index is 0. The molecule has 0 atom stereocenters. The molecule has 0 heterocycles. The van der Waals surface area contributed by atoms with Gasteiger partial charge >= 0.3 is 0 Å². The second-order valence-corrected chi connectivity index (χ2v) is 0. The van der Waals surface area contributed by atoms with Crippen LogP contribution >= 0.6 is 0 Å². The van der Waals surface area contributed by atoms with Crippen molar-refractivity contribution in [2.75, 3.05) is 0 Å². The van der Waals surface area contributed by atoms with Crippen molar-refractivity contribution in [2.45, 2.75) is 0 Å². The first kappa shape index (κ1) is 48.5. The third-order valence-electron chi connectivity index (χ3n) is 0. The Morgan fingerprint density at radius 1 is 1.00 bits per heavy atom. The SMILES string of the molecule is B.[AlH3].[SiH4].[Ti]. The molecule has 0 saturated carbocycles. The van der Waals surface area contributed by atoms with Gasteiger partial charge in [0.15, 0.2) is 17.4 Å². The van der Waals surface area contributed by atoms with Crippen LogP contribution in [0.15, 0.2) is 0 Å². The second-order valence-electron chi connectivity index (χ2n) is 0. The van der Waals surface area contributed by atoms with E-state index < -0.39 is 0 Å². The molecule has 0 aromatic heterocycles. The standard InChI is InChI=1S/Al.BH3.H4Si.Ti.3H/h;1H3;1H4;;;;. The molecule has 0 unspecified atom stereocenters. The van der Waals surface area contributed by atoms with Crippen LogP contribution in [0.2, 0.25) is 0 Å². The quantitative estimate of drug-likeness (QED) is 0.290. The van der Waals surface area contributed by atoms with E-state index in [0.717, 1.165) is 0 Å². The van der Waals surface area contributed by atoms with Gasteiger partial charge in [0.1, 0.15) is 0 Å². The summed E-state index contributed by atoms with van der Waals surface area (Å²) >= 11 is 0. The summed E-state index contributed by atoms with van der Waals surface area (Å²) in [6, 6.07) is 0. The van der Waals surface area contributed by atoms with Crippen LogP contribution in [-0.2, 0) is 21.7 Å². The molecule has 0 spiro atoms. The minimum Gasteiger partial charge on any atom is -0.0149 e. The Labute approximate surface area is 58.3 Å². The average Bonchev–Trinajstić information content (AvgIpc) is 0. The van der Waals surface area contributed by atoms with Gasteiger partial charge in [-0.1, -0.05) is 0 Å². The van der Waals surface area contributed by atoms with Crippen LogP contribution in [-0.4, -0.2) is 36.7 Å². The summed E-state index contributed by atoms with van der Waals surface area (Å²) in [5.74, 6) is 0. The second kappa shape index (κ2) is 24.1. The molecule has 0 nitrogen and oxygen atoms in total. The summed E-state index contributed by atoms with van der Waals surface area (Å²) < 4.78 is 0. The maximum Gasteiger partial charge on any atom is 0.187 e. The smallest absolute Gasteiger partial charge is 0.0149 e. The first-order chi connectivity index (χ1) is 0. The van der Waals surface area contributed by atoms with E-state index in [4.69, 9.17) is 0 Å². The zero-order valence-electron chi connectivity index (χ0n) is 0.500. The Kier molecular flexibility index (Phi) is 293. The van der Waals surface area contributed by atoms with Gasteiger partial charge in [-0.25, -0.2) is 0 Å². The Bertz CT molecular complexity index is 8.00. The summed E-state index contributed by atoms with van der Waals surface area (Å²) in [5.41, 5.74) is 0. The van der Waals surface area contributed by atoms with E-state index in [1.807, 2.05) is 0 Å². The van der Waals surface area contributed by atoms with Crippen molar-refractivity contribution < 1.29 is 21.7 Å². The predicted molar refractivity (Wildman–Crippen MR) is 31.2 cm³/mol. The van der Waals surface area contributed by atoms with Crippen LogP contribution in [0.25, 0.3) is 0 Å². The summed E-state index contributed by atoms with van der Waals surface area (Å²) in [4.78, 5) is 0. The van der Waals surface area contributed by atoms with Gasteiger partial charge in [0.2, 0.25) is 0 Å². The van der Waals surface area contributed by atoms with Crippen LogP contribution in [0.4, 0.5) is 0 Å². The Balaban J connectivity index is 0. The zero-order valence-corrected chi connectivity index (χ0v) is 2.06. The normalized spacial score (nSPS) is 0. The summed E-state index contributed by atoms with van der Waals surface area (Å²) in [7, 11) is 0. The van der Waals surface area contributed by atoms with Crippen molar-refractivity contribution >= 4 is 36.7 Å². The van der Waals surface area contributed by atoms with Crippen LogP contribution in [0.3, 0.4) is 0 Å². The van der Waals surface area contributed by atoms with E-state index in [-0.39, 0.29) is 58.5 Å². The van der Waals surface area contributed by atoms with Gasteiger partial charge in [-0.3, -0.25) is 0 Å². The molecule has 0 aliphatic rings. The molecule has 0 bridgehead atoms. The van der Waals surface area contributed by atoms with E-state index in [1.165, 1.54) is 0 Å². The third-order valence-corrected chi connectivity index (χ3v) is 0. The summed E-state index contributed by atoms with van der Waals surface area (Å²) in [5, 5.41) is 0. The van der Waals surface area contributed by atoms with Gasteiger partial charge in [0.25, 0.3) is 0 Å². The fourth-order valence-corrected chi connectivity index (χ4v) is 0. The minimum absolute atomic E-state index is 0. The first-order valence-electron chi connectivity index (χ1n) is 0. The van der Waals surface area contributed by atoms with Crippen molar-refractivity contribution in [3.63, 3.8) is 0 Å². The van der Waals surface area contributed by atoms with Crippen molar-refractivity contribution in [3.8, 4) is 0 Å². The van der Waals surface area contributed by atoms with Crippen LogP contribution in [0.1, 0.15) is 0 Å². The van der Waals surface area contributed by atoms with Gasteiger partial charge in [-0.05, 0) is 11.0 Å². The van der Waals surface area contributed by atoms with Gasteiger partial charge in [-0.2, -0.15) is 0 Å².